The van der Waals surface area contributed by atoms with Crippen molar-refractivity contribution < 1.29 is 14.7 Å². The Morgan fingerprint density at radius 1 is 1.20 bits per heavy atom. The maximum atomic E-state index is 11.7. The van der Waals surface area contributed by atoms with Crippen LogP contribution in [0, 0.1) is 0 Å². The molecule has 11 heteroatoms. The van der Waals surface area contributed by atoms with Crippen LogP contribution >= 0.6 is 34.7 Å². The van der Waals surface area contributed by atoms with Crippen molar-refractivity contribution in [2.75, 3.05) is 10.6 Å². The number of nitrogens with zero attached hydrogens (tertiary/aromatic N) is 3. The third-order valence-corrected chi connectivity index (χ3v) is 3.15. The molecule has 0 fully saturated rings. The highest BCUT2D eigenvalue weighted by molar-refractivity contribution is 7.09. The van der Waals surface area contributed by atoms with Gasteiger partial charge in [-0.15, -0.1) is 0 Å². The van der Waals surface area contributed by atoms with Crippen molar-refractivity contribution in [2.24, 2.45) is 0 Å². The SMILES string of the molecule is O=C(Nc1nnns1)Nc1c(Cl)cc(C(=O)O)cc1Cl. The molecule has 0 aliphatic heterocycles. The van der Waals surface area contributed by atoms with Gasteiger partial charge in [-0.25, -0.2) is 9.59 Å². The molecular weight excluding hydrogens is 329 g/mol. The summed E-state index contributed by atoms with van der Waals surface area (Å²) in [7, 11) is 0. The van der Waals surface area contributed by atoms with Crippen LogP contribution in [-0.2, 0) is 0 Å². The van der Waals surface area contributed by atoms with Gasteiger partial charge in [0.05, 0.1) is 21.3 Å². The van der Waals surface area contributed by atoms with Gasteiger partial charge in [0.2, 0.25) is 5.13 Å². The molecule has 0 radical (unpaired) electrons. The van der Waals surface area contributed by atoms with E-state index >= 15 is 0 Å². The van der Waals surface area contributed by atoms with E-state index in [1.54, 1.807) is 0 Å². The Morgan fingerprint density at radius 2 is 1.85 bits per heavy atom. The predicted molar refractivity (Wildman–Crippen MR) is 73.8 cm³/mol. The number of benzene rings is 1. The highest BCUT2D eigenvalue weighted by Gasteiger charge is 2.15. The van der Waals surface area contributed by atoms with Gasteiger partial charge in [-0.1, -0.05) is 32.8 Å². The standard InChI is InChI=1S/C9H5Cl2N5O3S/c10-4-1-3(7(17)18)2-5(11)6(4)12-8(19)13-9-14-15-16-20-9/h1-2H,(H,17,18)(H2,12,13,14,16,19). The van der Waals surface area contributed by atoms with E-state index in [-0.39, 0.29) is 26.4 Å². The first-order valence-corrected chi connectivity index (χ1v) is 6.45. The minimum atomic E-state index is -1.18. The maximum Gasteiger partial charge on any atom is 0.335 e. The lowest BCUT2D eigenvalue weighted by Crippen LogP contribution is -2.20. The number of aromatic carboxylic acids is 1. The van der Waals surface area contributed by atoms with Crippen LogP contribution in [0.25, 0.3) is 0 Å². The van der Waals surface area contributed by atoms with Crippen molar-refractivity contribution in [3.05, 3.63) is 27.7 Å². The highest BCUT2D eigenvalue weighted by Crippen LogP contribution is 2.32. The zero-order valence-electron chi connectivity index (χ0n) is 9.42. The molecule has 0 aliphatic carbocycles. The Labute approximate surface area is 125 Å². The zero-order chi connectivity index (χ0) is 14.7. The summed E-state index contributed by atoms with van der Waals surface area (Å²) in [6.45, 7) is 0. The van der Waals surface area contributed by atoms with Crippen molar-refractivity contribution in [1.82, 2.24) is 14.8 Å². The quantitative estimate of drug-likeness (QED) is 0.794. The van der Waals surface area contributed by atoms with E-state index in [0.717, 1.165) is 11.5 Å². The maximum absolute atomic E-state index is 11.7. The van der Waals surface area contributed by atoms with Gasteiger partial charge in [0.1, 0.15) is 0 Å². The molecule has 0 spiro atoms. The molecule has 0 aliphatic rings. The smallest absolute Gasteiger partial charge is 0.335 e. The largest absolute Gasteiger partial charge is 0.478 e. The van der Waals surface area contributed by atoms with E-state index in [1.807, 2.05) is 0 Å². The molecule has 0 saturated carbocycles. The van der Waals surface area contributed by atoms with Crippen LogP contribution in [0.5, 0.6) is 0 Å². The fourth-order valence-corrected chi connectivity index (χ4v) is 2.18. The van der Waals surface area contributed by atoms with Gasteiger partial charge in [0.25, 0.3) is 0 Å². The van der Waals surface area contributed by atoms with Crippen LogP contribution in [0.1, 0.15) is 10.4 Å². The molecule has 2 amide bonds. The van der Waals surface area contributed by atoms with Crippen molar-refractivity contribution in [2.45, 2.75) is 0 Å². The second kappa shape index (κ2) is 5.99. The summed E-state index contributed by atoms with van der Waals surface area (Å²) >= 11 is 12.6. The van der Waals surface area contributed by atoms with E-state index in [9.17, 15) is 9.59 Å². The molecule has 2 rings (SSSR count). The van der Waals surface area contributed by atoms with Crippen molar-refractivity contribution in [3.63, 3.8) is 0 Å². The fourth-order valence-electron chi connectivity index (χ4n) is 1.24. The van der Waals surface area contributed by atoms with Crippen molar-refractivity contribution in [1.29, 1.82) is 0 Å². The number of nitrogens with one attached hydrogen (secondary N) is 2. The van der Waals surface area contributed by atoms with Gasteiger partial charge in [-0.05, 0) is 17.3 Å². The Balaban J connectivity index is 2.17. The molecule has 1 aromatic heterocycles. The number of urea groups is 1. The molecular formula is C9H5Cl2N5O3S. The summed E-state index contributed by atoms with van der Waals surface area (Å²) < 4.78 is 3.47. The number of carbonyl (C=O) groups excluding carboxylic acids is 1. The summed E-state index contributed by atoms with van der Waals surface area (Å²) in [6, 6.07) is 1.70. The minimum absolute atomic E-state index is 0.000406. The number of carboxylic acid groups (broad SMARTS) is 1. The summed E-state index contributed by atoms with van der Waals surface area (Å²) in [4.78, 5) is 22.5. The average molecular weight is 334 g/mol. The molecule has 20 heavy (non-hydrogen) atoms. The molecule has 0 bridgehead atoms. The number of amides is 2. The number of anilines is 2. The van der Waals surface area contributed by atoms with E-state index < -0.39 is 12.0 Å². The van der Waals surface area contributed by atoms with E-state index in [0.29, 0.717) is 0 Å². The van der Waals surface area contributed by atoms with Gasteiger partial charge in [0, 0.05) is 11.5 Å². The number of halogens is 2. The van der Waals surface area contributed by atoms with Crippen LogP contribution in [0.2, 0.25) is 10.0 Å². The molecule has 0 atom stereocenters. The lowest BCUT2D eigenvalue weighted by atomic mass is 10.2. The van der Waals surface area contributed by atoms with Gasteiger partial charge < -0.3 is 10.4 Å². The van der Waals surface area contributed by atoms with E-state index in [1.165, 1.54) is 12.1 Å². The highest BCUT2D eigenvalue weighted by atomic mass is 35.5. The lowest BCUT2D eigenvalue weighted by Gasteiger charge is -2.10. The Hall–Kier alpha value is -1.97. The topological polar surface area (TPSA) is 117 Å². The van der Waals surface area contributed by atoms with Gasteiger partial charge in [-0.2, -0.15) is 0 Å². The Kier molecular flexibility index (Phi) is 4.32. The van der Waals surface area contributed by atoms with Crippen LogP contribution in [0.15, 0.2) is 12.1 Å². The second-order valence-corrected chi connectivity index (χ2v) is 4.91. The molecule has 1 aromatic carbocycles. The van der Waals surface area contributed by atoms with Crippen LogP contribution in [0.3, 0.4) is 0 Å². The first kappa shape index (κ1) is 14.4. The number of rotatable bonds is 3. The van der Waals surface area contributed by atoms with Gasteiger partial charge in [-0.3, -0.25) is 5.32 Å². The number of hydrogen-bond acceptors (Lipinski definition) is 6. The second-order valence-electron chi connectivity index (χ2n) is 3.37. The molecule has 0 unspecified atom stereocenters. The third-order valence-electron chi connectivity index (χ3n) is 2.05. The third kappa shape index (κ3) is 3.32. The normalized spacial score (nSPS) is 10.1. The van der Waals surface area contributed by atoms with Crippen LogP contribution < -0.4 is 10.6 Å². The average Bonchev–Trinajstić information content (AvgIpc) is 2.86. The van der Waals surface area contributed by atoms with Crippen molar-refractivity contribution in [3.8, 4) is 0 Å². The lowest BCUT2D eigenvalue weighted by molar-refractivity contribution is 0.0697. The molecule has 3 N–H and O–H groups in total. The number of carboxylic acids is 1. The molecule has 104 valence electrons. The number of carbonyl (C=O) groups is 2. The summed E-state index contributed by atoms with van der Waals surface area (Å²) in [6.07, 6.45) is 0. The van der Waals surface area contributed by atoms with Gasteiger partial charge >= 0.3 is 12.0 Å². The van der Waals surface area contributed by atoms with Crippen molar-refractivity contribution >= 4 is 57.6 Å². The Morgan fingerprint density at radius 3 is 2.35 bits per heavy atom. The zero-order valence-corrected chi connectivity index (χ0v) is 11.8. The van der Waals surface area contributed by atoms with Gasteiger partial charge in [0.15, 0.2) is 0 Å². The first-order valence-electron chi connectivity index (χ1n) is 4.92. The molecule has 1 heterocycles. The number of aromatic nitrogens is 3. The fraction of sp³-hybridized carbons (Fsp3) is 0. The summed E-state index contributed by atoms with van der Waals surface area (Å²) in [5.41, 5.74) is 0.00703. The summed E-state index contributed by atoms with van der Waals surface area (Å²) in [5.74, 6) is -1.18. The molecule has 0 saturated heterocycles. The summed E-state index contributed by atoms with van der Waals surface area (Å²) in [5, 5.41) is 20.6. The monoisotopic (exact) mass is 333 g/mol. The van der Waals surface area contributed by atoms with E-state index in [2.05, 4.69) is 25.4 Å². The van der Waals surface area contributed by atoms with E-state index in [4.69, 9.17) is 28.3 Å². The molecule has 2 aromatic rings. The molecule has 8 nitrogen and oxygen atoms in total. The minimum Gasteiger partial charge on any atom is -0.478 e. The predicted octanol–water partition coefficient (Wildman–Crippen LogP) is 2.58. The van der Waals surface area contributed by atoms with Crippen LogP contribution in [-0.4, -0.2) is 31.9 Å². The van der Waals surface area contributed by atoms with Crippen LogP contribution in [0.4, 0.5) is 15.6 Å². The Bertz CT molecular complexity index is 641. The number of hydrogen-bond donors (Lipinski definition) is 3. The first-order chi connectivity index (χ1) is 9.47.